The van der Waals surface area contributed by atoms with Crippen LogP contribution in [0, 0.1) is 5.82 Å². The topological polar surface area (TPSA) is 58.3 Å². The molecule has 0 radical (unpaired) electrons. The van der Waals surface area contributed by atoms with Crippen molar-refractivity contribution in [3.05, 3.63) is 47.3 Å². The summed E-state index contributed by atoms with van der Waals surface area (Å²) in [7, 11) is 1.96. The maximum absolute atomic E-state index is 13.4. The van der Waals surface area contributed by atoms with Gasteiger partial charge in [0.1, 0.15) is 18.2 Å². The Morgan fingerprint density at radius 1 is 1.30 bits per heavy atom. The lowest BCUT2D eigenvalue weighted by atomic mass is 10.2. The van der Waals surface area contributed by atoms with Crippen LogP contribution in [0.1, 0.15) is 43.4 Å². The molecule has 1 N–H and O–H groups in total. The molecule has 2 heterocycles. The second kappa shape index (κ2) is 10.6. The van der Waals surface area contributed by atoms with Gasteiger partial charge in [-0.25, -0.2) is 9.38 Å². The van der Waals surface area contributed by atoms with Gasteiger partial charge in [-0.15, -0.1) is 34.2 Å². The molecule has 0 unspecified atom stereocenters. The number of aryl methyl sites for hydroxylation is 1. The van der Waals surface area contributed by atoms with Crippen molar-refractivity contribution in [2.75, 3.05) is 13.6 Å². The second-order valence-electron chi connectivity index (χ2n) is 6.65. The normalized spacial score (nSPS) is 14.1. The van der Waals surface area contributed by atoms with E-state index in [1.807, 2.05) is 24.9 Å². The Hall–Kier alpha value is -1.71. The van der Waals surface area contributed by atoms with Gasteiger partial charge in [-0.3, -0.25) is 0 Å². The Labute approximate surface area is 177 Å². The van der Waals surface area contributed by atoms with E-state index in [0.717, 1.165) is 42.7 Å². The molecule has 1 aromatic carbocycles. The van der Waals surface area contributed by atoms with Gasteiger partial charge >= 0.3 is 0 Å². The highest BCUT2D eigenvalue weighted by Crippen LogP contribution is 2.15. The minimum atomic E-state index is -0.219. The van der Waals surface area contributed by atoms with E-state index in [4.69, 9.17) is 4.99 Å². The van der Waals surface area contributed by atoms with Gasteiger partial charge < -0.3 is 14.8 Å². The molecule has 2 aromatic rings. The number of guanidine groups is 1. The average molecular weight is 486 g/mol. The highest BCUT2D eigenvalue weighted by molar-refractivity contribution is 14.0. The summed E-state index contributed by atoms with van der Waals surface area (Å²) in [5.41, 5.74) is 0.912. The SMILES string of the molecule is CCNC(=NCc1nnc2n1CCCCC2)N(C)Cc1cccc(F)c1.I. The Morgan fingerprint density at radius 2 is 2.15 bits per heavy atom. The summed E-state index contributed by atoms with van der Waals surface area (Å²) in [5, 5.41) is 12.0. The van der Waals surface area contributed by atoms with Gasteiger partial charge in [0.25, 0.3) is 0 Å². The van der Waals surface area contributed by atoms with E-state index >= 15 is 0 Å². The summed E-state index contributed by atoms with van der Waals surface area (Å²) in [4.78, 5) is 6.73. The Balaban J connectivity index is 0.00000261. The van der Waals surface area contributed by atoms with Crippen LogP contribution in [0.3, 0.4) is 0 Å². The molecule has 1 aromatic heterocycles. The number of benzene rings is 1. The first-order valence-corrected chi connectivity index (χ1v) is 9.32. The van der Waals surface area contributed by atoms with Crippen molar-refractivity contribution in [3.63, 3.8) is 0 Å². The van der Waals surface area contributed by atoms with Crippen molar-refractivity contribution in [2.24, 2.45) is 4.99 Å². The zero-order valence-electron chi connectivity index (χ0n) is 16.0. The summed E-state index contributed by atoms with van der Waals surface area (Å²) in [6, 6.07) is 6.66. The molecule has 0 bridgehead atoms. The van der Waals surface area contributed by atoms with Gasteiger partial charge in [0.15, 0.2) is 11.8 Å². The van der Waals surface area contributed by atoms with Crippen molar-refractivity contribution in [1.82, 2.24) is 25.0 Å². The lowest BCUT2D eigenvalue weighted by Crippen LogP contribution is -2.38. The maximum Gasteiger partial charge on any atom is 0.194 e. The molecule has 1 aliphatic heterocycles. The van der Waals surface area contributed by atoms with Crippen molar-refractivity contribution in [1.29, 1.82) is 0 Å². The fraction of sp³-hybridized carbons (Fsp3) is 0.526. The molecular weight excluding hydrogens is 458 g/mol. The number of nitrogens with zero attached hydrogens (tertiary/aromatic N) is 5. The van der Waals surface area contributed by atoms with Crippen molar-refractivity contribution >= 4 is 29.9 Å². The first-order chi connectivity index (χ1) is 12.7. The third kappa shape index (κ3) is 5.88. The van der Waals surface area contributed by atoms with Crippen LogP contribution in [0.2, 0.25) is 0 Å². The molecule has 0 aliphatic carbocycles. The Morgan fingerprint density at radius 3 is 2.93 bits per heavy atom. The number of nitrogens with one attached hydrogen (secondary N) is 1. The summed E-state index contributed by atoms with van der Waals surface area (Å²) >= 11 is 0. The van der Waals surface area contributed by atoms with Crippen molar-refractivity contribution in [2.45, 2.75) is 52.2 Å². The van der Waals surface area contributed by atoms with E-state index in [2.05, 4.69) is 20.1 Å². The smallest absolute Gasteiger partial charge is 0.194 e. The van der Waals surface area contributed by atoms with Crippen molar-refractivity contribution in [3.8, 4) is 0 Å². The standard InChI is InChI=1S/C19H27FN6.HI/c1-3-21-19(25(2)14-15-8-7-9-16(20)12-15)22-13-18-24-23-17-10-5-4-6-11-26(17)18;/h7-9,12H,3-6,10-11,13-14H2,1-2H3,(H,21,22);1H. The predicted molar refractivity (Wildman–Crippen MR) is 116 cm³/mol. The summed E-state index contributed by atoms with van der Waals surface area (Å²) < 4.78 is 15.6. The van der Waals surface area contributed by atoms with E-state index in [9.17, 15) is 4.39 Å². The number of rotatable bonds is 5. The van der Waals surface area contributed by atoms with Gasteiger partial charge in [0.05, 0.1) is 0 Å². The molecule has 0 saturated carbocycles. The molecule has 0 fully saturated rings. The number of hydrogen-bond donors (Lipinski definition) is 1. The molecule has 6 nitrogen and oxygen atoms in total. The Kier molecular flexibility index (Phi) is 8.46. The number of fused-ring (bicyclic) bond motifs is 1. The molecule has 0 atom stereocenters. The third-order valence-corrected chi connectivity index (χ3v) is 4.56. The van der Waals surface area contributed by atoms with Crippen LogP contribution in [0.25, 0.3) is 0 Å². The van der Waals surface area contributed by atoms with Gasteiger partial charge in [0.2, 0.25) is 0 Å². The maximum atomic E-state index is 13.4. The highest BCUT2D eigenvalue weighted by atomic mass is 127. The van der Waals surface area contributed by atoms with Crippen LogP contribution < -0.4 is 5.32 Å². The van der Waals surface area contributed by atoms with Crippen LogP contribution in [-0.2, 0) is 26.1 Å². The molecule has 148 valence electrons. The third-order valence-electron chi connectivity index (χ3n) is 4.56. The Bertz CT molecular complexity index is 760. The van der Waals surface area contributed by atoms with Crippen LogP contribution in [0.5, 0.6) is 0 Å². The largest absolute Gasteiger partial charge is 0.357 e. The van der Waals surface area contributed by atoms with Crippen molar-refractivity contribution < 1.29 is 4.39 Å². The molecule has 8 heteroatoms. The zero-order valence-corrected chi connectivity index (χ0v) is 18.3. The molecular formula is C19H28FIN6. The zero-order chi connectivity index (χ0) is 18.4. The second-order valence-corrected chi connectivity index (χ2v) is 6.65. The summed E-state index contributed by atoms with van der Waals surface area (Å²) in [5.74, 6) is 2.55. The minimum absolute atomic E-state index is 0. The molecule has 3 rings (SSSR count). The van der Waals surface area contributed by atoms with Gasteiger partial charge in [-0.2, -0.15) is 0 Å². The molecule has 1 aliphatic rings. The lowest BCUT2D eigenvalue weighted by Gasteiger charge is -2.22. The summed E-state index contributed by atoms with van der Waals surface area (Å²) in [6.07, 6.45) is 4.59. The van der Waals surface area contributed by atoms with E-state index in [1.165, 1.54) is 25.3 Å². The highest BCUT2D eigenvalue weighted by Gasteiger charge is 2.15. The number of halogens is 2. The number of aliphatic imine (C=N–C) groups is 1. The number of hydrogen-bond acceptors (Lipinski definition) is 3. The quantitative estimate of drug-likeness (QED) is 0.400. The van der Waals surface area contributed by atoms with E-state index in [-0.39, 0.29) is 29.8 Å². The minimum Gasteiger partial charge on any atom is -0.357 e. The van der Waals surface area contributed by atoms with E-state index < -0.39 is 0 Å². The van der Waals surface area contributed by atoms with Gasteiger partial charge in [-0.05, 0) is 37.5 Å². The van der Waals surface area contributed by atoms with Crippen LogP contribution in [0.4, 0.5) is 4.39 Å². The van der Waals surface area contributed by atoms with Gasteiger partial charge in [-0.1, -0.05) is 18.6 Å². The molecule has 0 saturated heterocycles. The first kappa shape index (κ1) is 21.6. The molecule has 0 spiro atoms. The van der Waals surface area contributed by atoms with Crippen LogP contribution in [-0.4, -0.2) is 39.2 Å². The first-order valence-electron chi connectivity index (χ1n) is 9.32. The number of aromatic nitrogens is 3. The lowest BCUT2D eigenvalue weighted by molar-refractivity contribution is 0.473. The predicted octanol–water partition coefficient (Wildman–Crippen LogP) is 3.36. The van der Waals surface area contributed by atoms with E-state index in [0.29, 0.717) is 13.1 Å². The summed E-state index contributed by atoms with van der Waals surface area (Å²) in [6.45, 7) is 4.85. The fourth-order valence-electron chi connectivity index (χ4n) is 3.26. The molecule has 27 heavy (non-hydrogen) atoms. The average Bonchev–Trinajstić information content (AvgIpc) is 2.85. The fourth-order valence-corrected chi connectivity index (χ4v) is 3.26. The van der Waals surface area contributed by atoms with Gasteiger partial charge in [0, 0.05) is 33.1 Å². The molecule has 0 amide bonds. The monoisotopic (exact) mass is 486 g/mol. The van der Waals surface area contributed by atoms with E-state index in [1.54, 1.807) is 12.1 Å². The van der Waals surface area contributed by atoms with Crippen LogP contribution in [0.15, 0.2) is 29.3 Å². The van der Waals surface area contributed by atoms with Crippen LogP contribution >= 0.6 is 24.0 Å².